The largest absolute Gasteiger partial charge is 0.484 e. The van der Waals surface area contributed by atoms with E-state index in [-0.39, 0.29) is 42.6 Å². The third-order valence-corrected chi connectivity index (χ3v) is 5.32. The monoisotopic (exact) mass is 552 g/mol. The molecule has 0 bridgehead atoms. The fraction of sp³-hybridized carbons (Fsp3) is 0.417. The van der Waals surface area contributed by atoms with Crippen LogP contribution in [0.3, 0.4) is 0 Å². The van der Waals surface area contributed by atoms with Gasteiger partial charge < -0.3 is 24.6 Å². The van der Waals surface area contributed by atoms with Gasteiger partial charge in [0.05, 0.1) is 13.2 Å². The van der Waals surface area contributed by atoms with Crippen LogP contribution in [-0.2, 0) is 16.1 Å². The van der Waals surface area contributed by atoms with Gasteiger partial charge in [0.15, 0.2) is 12.6 Å². The molecule has 1 aliphatic heterocycles. The Morgan fingerprint density at radius 2 is 2.03 bits per heavy atom. The zero-order valence-electron chi connectivity index (χ0n) is 19.2. The van der Waals surface area contributed by atoms with E-state index in [9.17, 15) is 4.79 Å². The van der Waals surface area contributed by atoms with Crippen molar-refractivity contribution in [1.82, 2.24) is 15.1 Å². The maximum Gasteiger partial charge on any atom is 0.259 e. The summed E-state index contributed by atoms with van der Waals surface area (Å²) in [6, 6.07) is 16.1. The first kappa shape index (κ1) is 25.9. The molecule has 3 rings (SSSR count). The fourth-order valence-electron chi connectivity index (χ4n) is 3.51. The molecule has 0 spiro atoms. The van der Waals surface area contributed by atoms with Gasteiger partial charge in [-0.25, -0.2) is 0 Å². The molecule has 1 aliphatic rings. The average molecular weight is 552 g/mol. The van der Waals surface area contributed by atoms with Gasteiger partial charge in [-0.15, -0.1) is 24.0 Å². The molecule has 32 heavy (non-hydrogen) atoms. The highest BCUT2D eigenvalue weighted by Gasteiger charge is 2.25. The lowest BCUT2D eigenvalue weighted by atomic mass is 10.0. The second-order valence-corrected chi connectivity index (χ2v) is 7.79. The Labute approximate surface area is 207 Å². The van der Waals surface area contributed by atoms with E-state index < -0.39 is 0 Å². The Kier molecular flexibility index (Phi) is 10.2. The quantitative estimate of drug-likeness (QED) is 0.339. The molecule has 1 atom stereocenters. The summed E-state index contributed by atoms with van der Waals surface area (Å²) in [5.74, 6) is 1.45. The normalized spacial score (nSPS) is 16.2. The Hall–Kier alpha value is -2.33. The number of hydrogen-bond donors (Lipinski definition) is 1. The smallest absolute Gasteiger partial charge is 0.259 e. The van der Waals surface area contributed by atoms with Crippen molar-refractivity contribution in [2.45, 2.75) is 19.6 Å². The van der Waals surface area contributed by atoms with Crippen LogP contribution in [0.15, 0.2) is 53.5 Å². The molecule has 1 fully saturated rings. The fourth-order valence-corrected chi connectivity index (χ4v) is 3.51. The van der Waals surface area contributed by atoms with Crippen LogP contribution in [0.1, 0.15) is 22.8 Å². The predicted octanol–water partition coefficient (Wildman–Crippen LogP) is 3.23. The molecular weight excluding hydrogens is 519 g/mol. The van der Waals surface area contributed by atoms with E-state index in [4.69, 9.17) is 9.47 Å². The van der Waals surface area contributed by atoms with E-state index in [2.05, 4.69) is 40.3 Å². The van der Waals surface area contributed by atoms with Crippen LogP contribution in [0.5, 0.6) is 5.75 Å². The zero-order chi connectivity index (χ0) is 22.2. The van der Waals surface area contributed by atoms with Gasteiger partial charge in [0.2, 0.25) is 0 Å². The molecule has 1 heterocycles. The first-order valence-electron chi connectivity index (χ1n) is 10.5. The topological polar surface area (TPSA) is 66.4 Å². The first-order chi connectivity index (χ1) is 15.0. The maximum absolute atomic E-state index is 11.7. The number of aliphatic imine (C=N–C) groups is 1. The van der Waals surface area contributed by atoms with Gasteiger partial charge in [0, 0.05) is 34.2 Å². The Morgan fingerprint density at radius 1 is 1.25 bits per heavy atom. The number of halogens is 1. The third-order valence-electron chi connectivity index (χ3n) is 5.32. The average Bonchev–Trinajstić information content (AvgIpc) is 2.78. The van der Waals surface area contributed by atoms with Gasteiger partial charge in [-0.05, 0) is 35.7 Å². The van der Waals surface area contributed by atoms with Crippen LogP contribution in [0, 0.1) is 6.92 Å². The number of likely N-dealkylation sites (N-methyl/N-ethyl adjacent to an activating group) is 1. The van der Waals surface area contributed by atoms with E-state index in [1.165, 1.54) is 16.0 Å². The Bertz CT molecular complexity index is 920. The summed E-state index contributed by atoms with van der Waals surface area (Å²) < 4.78 is 11.7. The van der Waals surface area contributed by atoms with Crippen LogP contribution >= 0.6 is 24.0 Å². The van der Waals surface area contributed by atoms with Crippen molar-refractivity contribution in [3.05, 3.63) is 65.2 Å². The molecule has 1 unspecified atom stereocenters. The van der Waals surface area contributed by atoms with E-state index in [0.29, 0.717) is 18.9 Å². The number of carbonyl (C=O) groups is 1. The van der Waals surface area contributed by atoms with Crippen molar-refractivity contribution in [2.75, 3.05) is 47.4 Å². The number of nitrogens with one attached hydrogen (secondary N) is 1. The molecule has 1 saturated heterocycles. The summed E-state index contributed by atoms with van der Waals surface area (Å²) in [7, 11) is 5.23. The van der Waals surface area contributed by atoms with Crippen molar-refractivity contribution in [2.24, 2.45) is 4.99 Å². The second-order valence-electron chi connectivity index (χ2n) is 7.79. The van der Waals surface area contributed by atoms with Crippen LogP contribution in [0.25, 0.3) is 0 Å². The number of rotatable bonds is 6. The number of hydrogen-bond acceptors (Lipinski definition) is 4. The highest BCUT2D eigenvalue weighted by atomic mass is 127. The van der Waals surface area contributed by atoms with Crippen molar-refractivity contribution in [3.8, 4) is 5.75 Å². The summed E-state index contributed by atoms with van der Waals surface area (Å²) in [5, 5.41) is 3.44. The Morgan fingerprint density at radius 3 is 2.75 bits per heavy atom. The predicted molar refractivity (Wildman–Crippen MR) is 138 cm³/mol. The molecular formula is C24H33IN4O3. The molecule has 1 N–H and O–H groups in total. The number of morpholine rings is 1. The highest BCUT2D eigenvalue weighted by Crippen LogP contribution is 2.25. The van der Waals surface area contributed by atoms with Gasteiger partial charge >= 0.3 is 0 Å². The van der Waals surface area contributed by atoms with E-state index in [1.807, 2.05) is 30.3 Å². The minimum absolute atomic E-state index is 0. The van der Waals surface area contributed by atoms with Gasteiger partial charge in [-0.2, -0.15) is 0 Å². The van der Waals surface area contributed by atoms with Crippen LogP contribution in [-0.4, -0.2) is 69.1 Å². The minimum Gasteiger partial charge on any atom is -0.484 e. The number of nitrogens with zero attached hydrogens (tertiary/aromatic N) is 3. The number of guanidine groups is 1. The number of aryl methyl sites for hydroxylation is 1. The summed E-state index contributed by atoms with van der Waals surface area (Å²) >= 11 is 0. The van der Waals surface area contributed by atoms with Crippen LogP contribution < -0.4 is 10.1 Å². The third kappa shape index (κ3) is 7.09. The second kappa shape index (κ2) is 12.6. The first-order valence-corrected chi connectivity index (χ1v) is 10.5. The van der Waals surface area contributed by atoms with E-state index in [0.717, 1.165) is 24.6 Å². The summed E-state index contributed by atoms with van der Waals surface area (Å²) in [6.45, 7) is 4.95. The number of ether oxygens (including phenoxy) is 2. The molecule has 0 radical (unpaired) electrons. The van der Waals surface area contributed by atoms with E-state index in [1.54, 1.807) is 21.1 Å². The SMILES string of the molecule is CN=C(NCc1cccc(OCC(=O)N(C)C)c1)N1CCOC(c2ccccc2C)C1.I. The van der Waals surface area contributed by atoms with Crippen molar-refractivity contribution in [3.63, 3.8) is 0 Å². The van der Waals surface area contributed by atoms with Gasteiger partial charge in [0.1, 0.15) is 11.9 Å². The molecule has 2 aromatic carbocycles. The maximum atomic E-state index is 11.7. The standard InChI is InChI=1S/C24H32N4O3.HI/c1-18-8-5-6-11-21(18)22-16-28(12-13-30-22)24(25-2)26-15-19-9-7-10-20(14-19)31-17-23(29)27(3)4;/h5-11,14,22H,12-13,15-17H2,1-4H3,(H,25,26);1H. The molecule has 174 valence electrons. The van der Waals surface area contributed by atoms with Crippen molar-refractivity contribution in [1.29, 1.82) is 0 Å². The zero-order valence-corrected chi connectivity index (χ0v) is 21.5. The molecule has 7 nitrogen and oxygen atoms in total. The number of carbonyl (C=O) groups excluding carboxylic acids is 1. The minimum atomic E-state index is -0.0699. The molecule has 1 amide bonds. The summed E-state index contributed by atoms with van der Waals surface area (Å²) in [6.07, 6.45) is 0.0273. The number of amides is 1. The molecule has 0 aromatic heterocycles. The number of benzene rings is 2. The molecule has 0 saturated carbocycles. The van der Waals surface area contributed by atoms with Crippen molar-refractivity contribution < 1.29 is 14.3 Å². The summed E-state index contributed by atoms with van der Waals surface area (Å²) in [5.41, 5.74) is 3.52. The Balaban J connectivity index is 0.00000363. The van der Waals surface area contributed by atoms with Crippen LogP contribution in [0.4, 0.5) is 0 Å². The highest BCUT2D eigenvalue weighted by molar-refractivity contribution is 14.0. The lowest BCUT2D eigenvalue weighted by Crippen LogP contribution is -2.48. The van der Waals surface area contributed by atoms with Crippen molar-refractivity contribution >= 4 is 35.8 Å². The molecule has 2 aromatic rings. The van der Waals surface area contributed by atoms with Gasteiger partial charge in [-0.1, -0.05) is 36.4 Å². The lowest BCUT2D eigenvalue weighted by Gasteiger charge is -2.35. The van der Waals surface area contributed by atoms with Gasteiger partial charge in [-0.3, -0.25) is 9.79 Å². The summed E-state index contributed by atoms with van der Waals surface area (Å²) in [4.78, 5) is 20.0. The van der Waals surface area contributed by atoms with Gasteiger partial charge in [0.25, 0.3) is 5.91 Å². The van der Waals surface area contributed by atoms with Crippen LogP contribution in [0.2, 0.25) is 0 Å². The van der Waals surface area contributed by atoms with E-state index >= 15 is 0 Å². The molecule has 0 aliphatic carbocycles. The lowest BCUT2D eigenvalue weighted by molar-refractivity contribution is -0.130. The molecule has 8 heteroatoms.